The van der Waals surface area contributed by atoms with Gasteiger partial charge in [0.2, 0.25) is 0 Å². The maximum absolute atomic E-state index is 12.5. The average Bonchev–Trinajstić information content (AvgIpc) is 2.64. The zero-order valence-electron chi connectivity index (χ0n) is 15.9. The molecule has 1 aromatic carbocycles. The van der Waals surface area contributed by atoms with E-state index < -0.39 is 18.1 Å². The molecule has 0 aromatic heterocycles. The Bertz CT molecular complexity index is 573. The van der Waals surface area contributed by atoms with E-state index >= 15 is 0 Å². The van der Waals surface area contributed by atoms with Crippen LogP contribution in [-0.4, -0.2) is 36.4 Å². The van der Waals surface area contributed by atoms with E-state index in [4.69, 9.17) is 15.2 Å². The third-order valence-electron chi connectivity index (χ3n) is 4.82. The number of hydrogen-bond acceptors (Lipinski definition) is 5. The molecule has 26 heavy (non-hydrogen) atoms. The van der Waals surface area contributed by atoms with Gasteiger partial charge in [-0.15, -0.1) is 0 Å². The zero-order chi connectivity index (χ0) is 18.9. The maximum Gasteiger partial charge on any atom is 0.254 e. The van der Waals surface area contributed by atoms with Crippen LogP contribution in [0.15, 0.2) is 18.2 Å². The molecule has 4 N–H and O–H groups in total. The number of hydrogen-bond donors (Lipinski definition) is 3. The number of nitrogens with one attached hydrogen (secondary N) is 1. The molecule has 1 aliphatic rings. The number of benzene rings is 1. The molecule has 1 saturated carbocycles. The van der Waals surface area contributed by atoms with Crippen LogP contribution in [0.2, 0.25) is 0 Å². The second kappa shape index (κ2) is 10.4. The number of aliphatic hydroxyl groups excluding tert-OH is 1. The predicted octanol–water partition coefficient (Wildman–Crippen LogP) is 3.08. The first-order valence-corrected chi connectivity index (χ1v) is 9.69. The Hall–Kier alpha value is -1.79. The second-order valence-electron chi connectivity index (χ2n) is 6.86. The van der Waals surface area contributed by atoms with E-state index in [1.165, 1.54) is 19.3 Å². The molecule has 0 radical (unpaired) electrons. The summed E-state index contributed by atoms with van der Waals surface area (Å²) < 4.78 is 11.0. The molecule has 2 unspecified atom stereocenters. The number of anilines is 1. The Morgan fingerprint density at radius 1 is 1.23 bits per heavy atom. The van der Waals surface area contributed by atoms with Crippen molar-refractivity contribution in [3.63, 3.8) is 0 Å². The van der Waals surface area contributed by atoms with Crippen molar-refractivity contribution in [1.82, 2.24) is 0 Å². The standard InChI is InChI=1S/C20H32N2O4/c1-3-25-15-10-11-18(26-4-2)17(13-15)22-20(24)19(23)16(21)12-14-8-6-5-7-9-14/h10-11,13-14,16,19,23H,3-9,12,21H2,1-2H3,(H,22,24). The lowest BCUT2D eigenvalue weighted by molar-refractivity contribution is -0.125. The van der Waals surface area contributed by atoms with Crippen molar-refractivity contribution in [1.29, 1.82) is 0 Å². The fourth-order valence-corrected chi connectivity index (χ4v) is 3.48. The summed E-state index contributed by atoms with van der Waals surface area (Å²) in [5, 5.41) is 13.1. The summed E-state index contributed by atoms with van der Waals surface area (Å²) in [6.07, 6.45) is 5.38. The number of rotatable bonds is 9. The quantitative estimate of drug-likeness (QED) is 0.626. The first-order valence-electron chi connectivity index (χ1n) is 9.69. The molecule has 0 heterocycles. The first kappa shape index (κ1) is 20.5. The van der Waals surface area contributed by atoms with Crippen molar-refractivity contribution >= 4 is 11.6 Å². The van der Waals surface area contributed by atoms with Gasteiger partial charge in [-0.05, 0) is 38.3 Å². The van der Waals surface area contributed by atoms with Gasteiger partial charge in [-0.25, -0.2) is 0 Å². The lowest BCUT2D eigenvalue weighted by atomic mass is 9.84. The maximum atomic E-state index is 12.5. The van der Waals surface area contributed by atoms with Crippen LogP contribution in [0.3, 0.4) is 0 Å². The number of ether oxygens (including phenoxy) is 2. The van der Waals surface area contributed by atoms with E-state index in [0.717, 1.165) is 12.8 Å². The van der Waals surface area contributed by atoms with Crippen LogP contribution < -0.4 is 20.5 Å². The fraction of sp³-hybridized carbons (Fsp3) is 0.650. The molecule has 2 atom stereocenters. The summed E-state index contributed by atoms with van der Waals surface area (Å²) in [6.45, 7) is 4.76. The predicted molar refractivity (Wildman–Crippen MR) is 103 cm³/mol. The van der Waals surface area contributed by atoms with Gasteiger partial charge in [0.05, 0.1) is 18.9 Å². The fourth-order valence-electron chi connectivity index (χ4n) is 3.48. The van der Waals surface area contributed by atoms with E-state index in [1.807, 2.05) is 13.8 Å². The highest BCUT2D eigenvalue weighted by Crippen LogP contribution is 2.30. The molecular weight excluding hydrogens is 332 g/mol. The van der Waals surface area contributed by atoms with Crippen molar-refractivity contribution in [2.45, 2.75) is 64.5 Å². The number of carbonyl (C=O) groups is 1. The van der Waals surface area contributed by atoms with Gasteiger partial charge in [0.1, 0.15) is 17.6 Å². The smallest absolute Gasteiger partial charge is 0.254 e. The van der Waals surface area contributed by atoms with Crippen LogP contribution in [-0.2, 0) is 4.79 Å². The first-order chi connectivity index (χ1) is 12.5. The zero-order valence-corrected chi connectivity index (χ0v) is 15.9. The Morgan fingerprint density at radius 3 is 2.58 bits per heavy atom. The molecule has 1 fully saturated rings. The average molecular weight is 364 g/mol. The Kier molecular flexibility index (Phi) is 8.19. The lowest BCUT2D eigenvalue weighted by Gasteiger charge is -2.26. The lowest BCUT2D eigenvalue weighted by Crippen LogP contribution is -2.44. The van der Waals surface area contributed by atoms with E-state index in [9.17, 15) is 9.90 Å². The summed E-state index contributed by atoms with van der Waals surface area (Å²) in [7, 11) is 0. The van der Waals surface area contributed by atoms with Crippen LogP contribution in [0.25, 0.3) is 0 Å². The van der Waals surface area contributed by atoms with Gasteiger partial charge < -0.3 is 25.6 Å². The van der Waals surface area contributed by atoms with Crippen molar-refractivity contribution in [2.75, 3.05) is 18.5 Å². The Labute approximate surface area is 156 Å². The van der Waals surface area contributed by atoms with Crippen LogP contribution in [0.1, 0.15) is 52.4 Å². The van der Waals surface area contributed by atoms with E-state index in [1.54, 1.807) is 18.2 Å². The molecule has 1 aliphatic carbocycles. The summed E-state index contributed by atoms with van der Waals surface area (Å²) in [6, 6.07) is 4.67. The van der Waals surface area contributed by atoms with Crippen LogP contribution >= 0.6 is 0 Å². The van der Waals surface area contributed by atoms with E-state index in [2.05, 4.69) is 5.32 Å². The third-order valence-corrected chi connectivity index (χ3v) is 4.82. The van der Waals surface area contributed by atoms with Crippen LogP contribution in [0.5, 0.6) is 11.5 Å². The molecule has 0 saturated heterocycles. The number of aliphatic hydroxyl groups is 1. The SMILES string of the molecule is CCOc1ccc(OCC)c(NC(=O)C(O)C(N)CC2CCCCC2)c1. The highest BCUT2D eigenvalue weighted by Gasteiger charge is 2.27. The topological polar surface area (TPSA) is 93.8 Å². The molecule has 6 nitrogen and oxygen atoms in total. The van der Waals surface area contributed by atoms with Crippen molar-refractivity contribution in [2.24, 2.45) is 11.7 Å². The van der Waals surface area contributed by atoms with Crippen LogP contribution in [0.4, 0.5) is 5.69 Å². The highest BCUT2D eigenvalue weighted by atomic mass is 16.5. The summed E-state index contributed by atoms with van der Waals surface area (Å²) in [5.41, 5.74) is 6.59. The van der Waals surface area contributed by atoms with Gasteiger partial charge >= 0.3 is 0 Å². The van der Waals surface area contributed by atoms with Gasteiger partial charge in [0, 0.05) is 12.1 Å². The van der Waals surface area contributed by atoms with E-state index in [-0.39, 0.29) is 0 Å². The number of carbonyl (C=O) groups excluding carboxylic acids is 1. The van der Waals surface area contributed by atoms with E-state index in [0.29, 0.717) is 42.7 Å². The minimum Gasteiger partial charge on any atom is -0.494 e. The second-order valence-corrected chi connectivity index (χ2v) is 6.86. The molecule has 6 heteroatoms. The minimum atomic E-state index is -1.25. The van der Waals surface area contributed by atoms with Crippen molar-refractivity contribution < 1.29 is 19.4 Å². The molecule has 0 aliphatic heterocycles. The van der Waals surface area contributed by atoms with Gasteiger partial charge in [-0.1, -0.05) is 32.1 Å². The van der Waals surface area contributed by atoms with Crippen molar-refractivity contribution in [3.8, 4) is 11.5 Å². The monoisotopic (exact) mass is 364 g/mol. The minimum absolute atomic E-state index is 0.473. The van der Waals surface area contributed by atoms with Crippen molar-refractivity contribution in [3.05, 3.63) is 18.2 Å². The summed E-state index contributed by atoms with van der Waals surface area (Å²) >= 11 is 0. The molecule has 2 rings (SSSR count). The Balaban J connectivity index is 2.00. The largest absolute Gasteiger partial charge is 0.494 e. The summed E-state index contributed by atoms with van der Waals surface area (Å²) in [5.74, 6) is 1.16. The third kappa shape index (κ3) is 5.88. The molecule has 146 valence electrons. The van der Waals surface area contributed by atoms with Gasteiger partial charge in [-0.3, -0.25) is 4.79 Å². The number of amides is 1. The molecular formula is C20H32N2O4. The Morgan fingerprint density at radius 2 is 1.92 bits per heavy atom. The molecule has 1 amide bonds. The van der Waals surface area contributed by atoms with Crippen LogP contribution in [0, 0.1) is 5.92 Å². The summed E-state index contributed by atoms with van der Waals surface area (Å²) in [4.78, 5) is 12.5. The highest BCUT2D eigenvalue weighted by molar-refractivity contribution is 5.96. The molecule has 0 spiro atoms. The normalized spacial score (nSPS) is 17.4. The molecule has 0 bridgehead atoms. The number of nitrogens with two attached hydrogens (primary N) is 1. The molecule has 1 aromatic rings. The van der Waals surface area contributed by atoms with Gasteiger partial charge in [0.25, 0.3) is 5.91 Å². The van der Waals surface area contributed by atoms with Gasteiger partial charge in [0.15, 0.2) is 0 Å². The van der Waals surface area contributed by atoms with Gasteiger partial charge in [-0.2, -0.15) is 0 Å².